The molecule has 0 radical (unpaired) electrons. The van der Waals surface area contributed by atoms with E-state index < -0.39 is 0 Å². The third-order valence-corrected chi connectivity index (χ3v) is 12.2. The van der Waals surface area contributed by atoms with Gasteiger partial charge in [-0.2, -0.15) is 0 Å². The summed E-state index contributed by atoms with van der Waals surface area (Å²) >= 11 is 0. The third kappa shape index (κ3) is 5.35. The first-order valence-corrected chi connectivity index (χ1v) is 18.5. The fourth-order valence-corrected chi connectivity index (χ4v) is 10.1. The molecule has 1 aromatic carbocycles. The monoisotopic (exact) mass is 616 g/mol. The van der Waals surface area contributed by atoms with Gasteiger partial charge in [0, 0.05) is 41.8 Å². The molecule has 0 bridgehead atoms. The van der Waals surface area contributed by atoms with Crippen molar-refractivity contribution in [1.29, 1.82) is 0 Å². The van der Waals surface area contributed by atoms with Crippen LogP contribution in [-0.4, -0.2) is 29.2 Å². The number of allylic oxidation sites excluding steroid dienone is 18. The van der Waals surface area contributed by atoms with Gasteiger partial charge in [-0.05, 0) is 91.2 Å². The van der Waals surface area contributed by atoms with E-state index in [9.17, 15) is 0 Å². The molecule has 1 fully saturated rings. The van der Waals surface area contributed by atoms with Crippen LogP contribution in [0.5, 0.6) is 0 Å². The van der Waals surface area contributed by atoms with Gasteiger partial charge < -0.3 is 0 Å². The molecular formula is C45H48N2. The van der Waals surface area contributed by atoms with Gasteiger partial charge in [0.25, 0.3) is 0 Å². The maximum atomic E-state index is 4.06. The summed E-state index contributed by atoms with van der Waals surface area (Å²) in [6.07, 6.45) is 50.0. The van der Waals surface area contributed by atoms with E-state index in [1.54, 1.807) is 22.3 Å². The Labute approximate surface area is 281 Å². The molecule has 0 saturated carbocycles. The smallest absolute Gasteiger partial charge is 0.0678 e. The zero-order valence-electron chi connectivity index (χ0n) is 27.6. The van der Waals surface area contributed by atoms with Crippen molar-refractivity contribution in [2.45, 2.75) is 88.0 Å². The fourth-order valence-electron chi connectivity index (χ4n) is 10.1. The zero-order chi connectivity index (χ0) is 31.2. The first-order chi connectivity index (χ1) is 23.3. The second-order valence-corrected chi connectivity index (χ2v) is 14.8. The number of nitrogens with zero attached hydrogens (tertiary/aromatic N) is 1. The number of rotatable bonds is 5. The molecule has 47 heavy (non-hydrogen) atoms. The summed E-state index contributed by atoms with van der Waals surface area (Å²) in [7, 11) is 0. The van der Waals surface area contributed by atoms with E-state index in [2.05, 4.69) is 138 Å². The van der Waals surface area contributed by atoms with Crippen molar-refractivity contribution in [3.8, 4) is 0 Å². The average Bonchev–Trinajstić information content (AvgIpc) is 3.54. The van der Waals surface area contributed by atoms with Crippen LogP contribution in [0.4, 0.5) is 0 Å². The average molecular weight is 617 g/mol. The predicted octanol–water partition coefficient (Wildman–Crippen LogP) is 9.90. The standard InChI is InChI=1S/C45H48N2/c1-4-14-32(15-5-1)43-37-20-10-11-21-38(37)44(33-16-6-2-7-17-33)40-30-35(28-29-39(40)43)31-24-26-34(27-25-31)45-46-41-22-12-13-23-42(41)47(45)36-18-8-3-9-19-36/h1-4,6-8,12-14,16-17,21-26,28-30,34,36-37,40-42,44-46H,5,9-11,15,18-20,27H2. The van der Waals surface area contributed by atoms with Crippen LogP contribution < -0.4 is 5.32 Å². The number of hydrogen-bond acceptors (Lipinski definition) is 2. The number of hydrogen-bond donors (Lipinski definition) is 1. The van der Waals surface area contributed by atoms with Gasteiger partial charge in [0.2, 0.25) is 0 Å². The topological polar surface area (TPSA) is 15.3 Å². The maximum absolute atomic E-state index is 4.06. The molecule has 8 aliphatic rings. The van der Waals surface area contributed by atoms with Crippen LogP contribution in [0.15, 0.2) is 161 Å². The second kappa shape index (κ2) is 12.7. The lowest BCUT2D eigenvalue weighted by Crippen LogP contribution is -2.49. The Hall–Kier alpha value is -3.72. The Morgan fingerprint density at radius 2 is 1.70 bits per heavy atom. The maximum Gasteiger partial charge on any atom is 0.0678 e. The molecular weight excluding hydrogens is 569 g/mol. The summed E-state index contributed by atoms with van der Waals surface area (Å²) in [4.78, 5) is 2.83. The molecule has 238 valence electrons. The molecule has 0 aromatic heterocycles. The molecule has 8 atom stereocenters. The van der Waals surface area contributed by atoms with Crippen LogP contribution in [0.1, 0.15) is 69.3 Å². The van der Waals surface area contributed by atoms with E-state index in [0.717, 1.165) is 19.3 Å². The molecule has 1 N–H and O–H groups in total. The number of benzene rings is 1. The molecule has 0 spiro atoms. The highest BCUT2D eigenvalue weighted by atomic mass is 15.4. The summed E-state index contributed by atoms with van der Waals surface area (Å²) in [5.41, 5.74) is 10.7. The highest BCUT2D eigenvalue weighted by molar-refractivity contribution is 5.62. The molecule has 1 aliphatic heterocycles. The van der Waals surface area contributed by atoms with E-state index in [-0.39, 0.29) is 0 Å². The van der Waals surface area contributed by atoms with E-state index in [0.29, 0.717) is 48.0 Å². The lowest BCUT2D eigenvalue weighted by molar-refractivity contribution is 0.107. The first-order valence-electron chi connectivity index (χ1n) is 18.5. The Kier molecular flexibility index (Phi) is 7.96. The highest BCUT2D eigenvalue weighted by Gasteiger charge is 2.45. The summed E-state index contributed by atoms with van der Waals surface area (Å²) in [6, 6.07) is 12.9. The molecule has 2 heteroatoms. The lowest BCUT2D eigenvalue weighted by atomic mass is 9.59. The SMILES string of the molecule is C1=CCCC(C2=C3C=CC(C4=CCC(C5NC6C=CC=CC6N5C5CC=CCC5)C=C4)=CC3C(c3ccccc3)C3=CCCCC32)=C1. The van der Waals surface area contributed by atoms with Crippen molar-refractivity contribution in [3.63, 3.8) is 0 Å². The van der Waals surface area contributed by atoms with Crippen molar-refractivity contribution >= 4 is 0 Å². The third-order valence-electron chi connectivity index (χ3n) is 12.2. The normalized spacial score (nSPS) is 35.9. The minimum absolute atomic E-state index is 0.361. The molecule has 0 amide bonds. The van der Waals surface area contributed by atoms with Crippen LogP contribution in [0.2, 0.25) is 0 Å². The van der Waals surface area contributed by atoms with Gasteiger partial charge in [-0.15, -0.1) is 0 Å². The Morgan fingerprint density at radius 1 is 0.766 bits per heavy atom. The van der Waals surface area contributed by atoms with Gasteiger partial charge in [0.1, 0.15) is 0 Å². The minimum Gasteiger partial charge on any atom is -0.293 e. The lowest BCUT2D eigenvalue weighted by Gasteiger charge is -2.45. The van der Waals surface area contributed by atoms with Crippen LogP contribution in [0.3, 0.4) is 0 Å². The Bertz CT molecular complexity index is 1730. The van der Waals surface area contributed by atoms with Gasteiger partial charge in [-0.25, -0.2) is 0 Å². The van der Waals surface area contributed by atoms with E-state index >= 15 is 0 Å². The van der Waals surface area contributed by atoms with E-state index in [1.807, 2.05) is 0 Å². The Balaban J connectivity index is 1.04. The number of nitrogens with one attached hydrogen (secondary N) is 1. The van der Waals surface area contributed by atoms with Crippen LogP contribution in [-0.2, 0) is 0 Å². The van der Waals surface area contributed by atoms with E-state index in [1.165, 1.54) is 55.2 Å². The van der Waals surface area contributed by atoms with Gasteiger partial charge in [-0.1, -0.05) is 133 Å². The minimum atomic E-state index is 0.361. The quantitative estimate of drug-likeness (QED) is 0.331. The molecule has 7 aliphatic carbocycles. The van der Waals surface area contributed by atoms with Gasteiger partial charge in [0.15, 0.2) is 0 Å². The van der Waals surface area contributed by atoms with Gasteiger partial charge in [-0.3, -0.25) is 10.2 Å². The molecule has 1 saturated heterocycles. The van der Waals surface area contributed by atoms with Gasteiger partial charge >= 0.3 is 0 Å². The highest BCUT2D eigenvalue weighted by Crippen LogP contribution is 2.55. The van der Waals surface area contributed by atoms with Crippen molar-refractivity contribution in [3.05, 3.63) is 167 Å². The van der Waals surface area contributed by atoms with Gasteiger partial charge in [0.05, 0.1) is 6.17 Å². The molecule has 2 nitrogen and oxygen atoms in total. The van der Waals surface area contributed by atoms with Crippen molar-refractivity contribution in [2.75, 3.05) is 0 Å². The Morgan fingerprint density at radius 3 is 2.53 bits per heavy atom. The zero-order valence-corrected chi connectivity index (χ0v) is 27.6. The van der Waals surface area contributed by atoms with Crippen molar-refractivity contribution in [2.24, 2.45) is 17.8 Å². The molecule has 9 rings (SSSR count). The van der Waals surface area contributed by atoms with E-state index in [4.69, 9.17) is 0 Å². The van der Waals surface area contributed by atoms with Crippen molar-refractivity contribution < 1.29 is 0 Å². The molecule has 1 heterocycles. The van der Waals surface area contributed by atoms with Crippen LogP contribution in [0, 0.1) is 17.8 Å². The second-order valence-electron chi connectivity index (χ2n) is 14.8. The van der Waals surface area contributed by atoms with Crippen LogP contribution >= 0.6 is 0 Å². The fraction of sp³-hybridized carbons (Fsp3) is 0.378. The number of fused-ring (bicyclic) bond motifs is 3. The molecule has 1 aromatic rings. The predicted molar refractivity (Wildman–Crippen MR) is 196 cm³/mol. The molecule has 8 unspecified atom stereocenters. The van der Waals surface area contributed by atoms with Crippen LogP contribution in [0.25, 0.3) is 0 Å². The summed E-state index contributed by atoms with van der Waals surface area (Å²) in [5, 5.41) is 4.06. The summed E-state index contributed by atoms with van der Waals surface area (Å²) in [6.45, 7) is 0. The first kappa shape index (κ1) is 29.4. The van der Waals surface area contributed by atoms with Crippen molar-refractivity contribution in [1.82, 2.24) is 10.2 Å². The summed E-state index contributed by atoms with van der Waals surface area (Å²) in [5.74, 6) is 1.78. The largest absolute Gasteiger partial charge is 0.293 e. The summed E-state index contributed by atoms with van der Waals surface area (Å²) < 4.78 is 0.